The number of aromatic nitrogens is 3. The van der Waals surface area contributed by atoms with Crippen LogP contribution >= 0.6 is 11.6 Å². The molecule has 7 nitrogen and oxygen atoms in total. The van der Waals surface area contributed by atoms with E-state index < -0.39 is 0 Å². The molecule has 8 heteroatoms. The van der Waals surface area contributed by atoms with Gasteiger partial charge in [0.05, 0.1) is 21.4 Å². The summed E-state index contributed by atoms with van der Waals surface area (Å²) >= 11 is 6.48. The summed E-state index contributed by atoms with van der Waals surface area (Å²) in [7, 11) is 2.08. The van der Waals surface area contributed by atoms with Crippen LogP contribution in [0.2, 0.25) is 5.02 Å². The molecule has 7 rings (SSSR count). The number of fused-ring (bicyclic) bond motifs is 6. The standard InChI is InChI=1S/C32H26ClN5O2/c1-37-14-16-38(17-15-37)32(40)20-8-6-19(7-9-20)21-10-11-22-25(18-21)27-24(12-13-34-31(27)39)29-28(22)35-30(36-29)23-4-2-3-5-26(23)33/h2-13,18H,14-17H2,1H3,(H,34,39)(H,35,36). The maximum atomic E-state index is 13.1. The number of H-pyrrole nitrogens is 2. The van der Waals surface area contributed by atoms with Gasteiger partial charge in [0.1, 0.15) is 5.82 Å². The Balaban J connectivity index is 1.34. The molecule has 1 aliphatic rings. The molecule has 2 N–H and O–H groups in total. The van der Waals surface area contributed by atoms with Gasteiger partial charge in [0.25, 0.3) is 11.5 Å². The summed E-state index contributed by atoms with van der Waals surface area (Å²) in [6, 6.07) is 23.3. The van der Waals surface area contributed by atoms with Crippen LogP contribution in [-0.4, -0.2) is 63.9 Å². The van der Waals surface area contributed by atoms with Crippen LogP contribution in [0.4, 0.5) is 0 Å². The lowest BCUT2D eigenvalue weighted by Gasteiger charge is -2.32. The number of carbonyl (C=O) groups is 1. The Bertz CT molecular complexity index is 1990. The van der Waals surface area contributed by atoms with Crippen molar-refractivity contribution in [2.75, 3.05) is 33.2 Å². The number of hydrogen-bond acceptors (Lipinski definition) is 4. The molecular weight excluding hydrogens is 522 g/mol. The van der Waals surface area contributed by atoms with Gasteiger partial charge < -0.3 is 19.8 Å². The van der Waals surface area contributed by atoms with Crippen LogP contribution in [-0.2, 0) is 0 Å². The van der Waals surface area contributed by atoms with Gasteiger partial charge in [0, 0.05) is 54.3 Å². The van der Waals surface area contributed by atoms with Gasteiger partial charge in [-0.05, 0) is 60.0 Å². The number of nitrogens with one attached hydrogen (secondary N) is 2. The molecule has 0 saturated carbocycles. The summed E-state index contributed by atoms with van der Waals surface area (Å²) in [5, 5.41) is 3.69. The Hall–Kier alpha value is -4.46. The third-order valence-electron chi connectivity index (χ3n) is 7.86. The van der Waals surface area contributed by atoms with Crippen LogP contribution in [0, 0.1) is 0 Å². The highest BCUT2D eigenvalue weighted by Crippen LogP contribution is 2.37. The average Bonchev–Trinajstić information content (AvgIpc) is 3.43. The minimum absolute atomic E-state index is 0.0611. The lowest BCUT2D eigenvalue weighted by atomic mass is 9.96. The van der Waals surface area contributed by atoms with Gasteiger partial charge in [-0.2, -0.15) is 0 Å². The van der Waals surface area contributed by atoms with Crippen LogP contribution in [0.25, 0.3) is 55.1 Å². The molecule has 6 aromatic rings. The number of rotatable bonds is 3. The number of benzene rings is 4. The Morgan fingerprint density at radius 3 is 2.40 bits per heavy atom. The maximum Gasteiger partial charge on any atom is 0.256 e. The van der Waals surface area contributed by atoms with E-state index in [1.165, 1.54) is 0 Å². The van der Waals surface area contributed by atoms with Crippen LogP contribution in [0.1, 0.15) is 10.4 Å². The number of hydrogen-bond donors (Lipinski definition) is 2. The number of amides is 1. The number of piperazine rings is 1. The van der Waals surface area contributed by atoms with Gasteiger partial charge in [0.2, 0.25) is 0 Å². The molecule has 1 aliphatic heterocycles. The SMILES string of the molecule is CN1CCN(C(=O)c2ccc(-c3ccc4c(c3)c3c(=O)[nH]ccc3c3[nH]c(-c5ccccc5Cl)nc43)cc2)CC1. The van der Waals surface area contributed by atoms with Gasteiger partial charge in [-0.3, -0.25) is 9.59 Å². The Morgan fingerprint density at radius 1 is 0.875 bits per heavy atom. The number of imidazole rings is 1. The fraction of sp³-hybridized carbons (Fsp3) is 0.156. The van der Waals surface area contributed by atoms with E-state index in [1.807, 2.05) is 77.7 Å². The van der Waals surface area contributed by atoms with E-state index in [0.29, 0.717) is 21.8 Å². The molecule has 198 valence electrons. The average molecular weight is 548 g/mol. The monoisotopic (exact) mass is 547 g/mol. The van der Waals surface area contributed by atoms with Crippen molar-refractivity contribution in [1.82, 2.24) is 24.8 Å². The second kappa shape index (κ2) is 9.62. The molecule has 0 bridgehead atoms. The second-order valence-corrected chi connectivity index (χ2v) is 10.7. The minimum Gasteiger partial charge on any atom is -0.337 e. The van der Waals surface area contributed by atoms with Crippen LogP contribution in [0.15, 0.2) is 83.8 Å². The summed E-state index contributed by atoms with van der Waals surface area (Å²) in [4.78, 5) is 41.5. The summed E-state index contributed by atoms with van der Waals surface area (Å²) in [5.41, 5.74) is 4.82. The molecule has 0 unspecified atom stereocenters. The molecule has 0 atom stereocenters. The van der Waals surface area contributed by atoms with E-state index in [0.717, 1.165) is 70.1 Å². The minimum atomic E-state index is -0.163. The normalized spacial score (nSPS) is 14.4. The largest absolute Gasteiger partial charge is 0.337 e. The van der Waals surface area contributed by atoms with E-state index in [2.05, 4.69) is 21.9 Å². The molecule has 40 heavy (non-hydrogen) atoms. The van der Waals surface area contributed by atoms with Crippen molar-refractivity contribution in [3.8, 4) is 22.5 Å². The predicted octanol–water partition coefficient (Wildman–Crippen LogP) is 5.93. The van der Waals surface area contributed by atoms with Crippen LogP contribution in [0.3, 0.4) is 0 Å². The Morgan fingerprint density at radius 2 is 1.62 bits per heavy atom. The number of aromatic amines is 2. The van der Waals surface area contributed by atoms with Crippen molar-refractivity contribution in [3.05, 3.63) is 99.9 Å². The van der Waals surface area contributed by atoms with Gasteiger partial charge in [-0.15, -0.1) is 0 Å². The highest BCUT2D eigenvalue weighted by atomic mass is 35.5. The molecule has 1 saturated heterocycles. The molecule has 1 fully saturated rings. The van der Waals surface area contributed by atoms with Gasteiger partial charge in [0.15, 0.2) is 0 Å². The summed E-state index contributed by atoms with van der Waals surface area (Å²) in [5.74, 6) is 0.713. The smallest absolute Gasteiger partial charge is 0.256 e. The van der Waals surface area contributed by atoms with E-state index in [9.17, 15) is 9.59 Å². The molecule has 3 heterocycles. The lowest BCUT2D eigenvalue weighted by molar-refractivity contribution is 0.0664. The van der Waals surface area contributed by atoms with Crippen molar-refractivity contribution < 1.29 is 4.79 Å². The first kappa shape index (κ1) is 24.6. The number of halogens is 1. The van der Waals surface area contributed by atoms with E-state index in [4.69, 9.17) is 16.6 Å². The highest BCUT2D eigenvalue weighted by molar-refractivity contribution is 6.33. The quantitative estimate of drug-likeness (QED) is 0.269. The van der Waals surface area contributed by atoms with Crippen LogP contribution in [0.5, 0.6) is 0 Å². The second-order valence-electron chi connectivity index (χ2n) is 10.3. The zero-order chi connectivity index (χ0) is 27.4. The molecule has 1 amide bonds. The maximum absolute atomic E-state index is 13.1. The number of likely N-dealkylation sites (N-methyl/N-ethyl adjacent to an activating group) is 1. The third kappa shape index (κ3) is 4.06. The van der Waals surface area contributed by atoms with Crippen molar-refractivity contribution in [2.24, 2.45) is 0 Å². The third-order valence-corrected chi connectivity index (χ3v) is 8.19. The molecule has 0 aliphatic carbocycles. The van der Waals surface area contributed by atoms with E-state index >= 15 is 0 Å². The summed E-state index contributed by atoms with van der Waals surface area (Å²) in [6.45, 7) is 3.25. The Kier molecular flexibility index (Phi) is 5.91. The number of carbonyl (C=O) groups excluding carboxylic acids is 1. The molecular formula is C32H26ClN5O2. The zero-order valence-corrected chi connectivity index (χ0v) is 22.6. The van der Waals surface area contributed by atoms with Gasteiger partial charge in [-0.1, -0.05) is 48.0 Å². The van der Waals surface area contributed by atoms with E-state index in [-0.39, 0.29) is 11.5 Å². The van der Waals surface area contributed by atoms with Gasteiger partial charge in [-0.25, -0.2) is 4.98 Å². The van der Waals surface area contributed by atoms with Crippen molar-refractivity contribution in [1.29, 1.82) is 0 Å². The van der Waals surface area contributed by atoms with E-state index in [1.54, 1.807) is 6.20 Å². The van der Waals surface area contributed by atoms with Crippen molar-refractivity contribution in [3.63, 3.8) is 0 Å². The molecule has 0 spiro atoms. The van der Waals surface area contributed by atoms with Crippen molar-refractivity contribution >= 4 is 50.1 Å². The first-order valence-electron chi connectivity index (χ1n) is 13.3. The summed E-state index contributed by atoms with van der Waals surface area (Å²) < 4.78 is 0. The first-order chi connectivity index (χ1) is 19.5. The number of nitrogens with zero attached hydrogens (tertiary/aromatic N) is 3. The molecule has 4 aromatic carbocycles. The first-order valence-corrected chi connectivity index (χ1v) is 13.7. The van der Waals surface area contributed by atoms with Crippen molar-refractivity contribution in [2.45, 2.75) is 0 Å². The topological polar surface area (TPSA) is 85.1 Å². The number of pyridine rings is 1. The highest BCUT2D eigenvalue weighted by Gasteiger charge is 2.21. The fourth-order valence-electron chi connectivity index (χ4n) is 5.63. The fourth-order valence-corrected chi connectivity index (χ4v) is 5.86. The predicted molar refractivity (Wildman–Crippen MR) is 161 cm³/mol. The zero-order valence-electron chi connectivity index (χ0n) is 21.9. The van der Waals surface area contributed by atoms with Gasteiger partial charge >= 0.3 is 0 Å². The Labute approximate surface area is 235 Å². The molecule has 0 radical (unpaired) electrons. The summed E-state index contributed by atoms with van der Waals surface area (Å²) in [6.07, 6.45) is 1.66. The molecule has 2 aromatic heterocycles. The van der Waals surface area contributed by atoms with Crippen LogP contribution < -0.4 is 5.56 Å². The lowest BCUT2D eigenvalue weighted by Crippen LogP contribution is -2.47.